The lowest BCUT2D eigenvalue weighted by Crippen LogP contribution is -2.32. The van der Waals surface area contributed by atoms with Crippen LogP contribution in [0.1, 0.15) is 58.8 Å². The van der Waals surface area contributed by atoms with Crippen LogP contribution in [0.5, 0.6) is 5.75 Å². The van der Waals surface area contributed by atoms with Crippen molar-refractivity contribution < 1.29 is 14.7 Å². The van der Waals surface area contributed by atoms with Gasteiger partial charge in [-0.25, -0.2) is 4.79 Å². The van der Waals surface area contributed by atoms with Gasteiger partial charge in [-0.3, -0.25) is 4.79 Å². The zero-order valence-electron chi connectivity index (χ0n) is 21.5. The van der Waals surface area contributed by atoms with Crippen LogP contribution in [-0.4, -0.2) is 33.4 Å². The smallest absolute Gasteiger partial charge is 0.342 e. The Balaban J connectivity index is 1.38. The van der Waals surface area contributed by atoms with E-state index in [1.165, 1.54) is 10.7 Å². The van der Waals surface area contributed by atoms with E-state index >= 15 is 0 Å². The molecule has 0 bridgehead atoms. The van der Waals surface area contributed by atoms with Crippen LogP contribution in [0.2, 0.25) is 0 Å². The van der Waals surface area contributed by atoms with Gasteiger partial charge in [0.05, 0.1) is 11.4 Å². The number of hydrogen-bond donors (Lipinski definition) is 3. The molecule has 5 rings (SSSR count). The molecule has 3 N–H and O–H groups in total. The zero-order chi connectivity index (χ0) is 26.5. The number of aryl methyl sites for hydroxylation is 1. The van der Waals surface area contributed by atoms with E-state index in [-0.39, 0.29) is 23.6 Å². The Kier molecular flexibility index (Phi) is 7.54. The Hall–Kier alpha value is -4.39. The van der Waals surface area contributed by atoms with Crippen molar-refractivity contribution in [1.29, 1.82) is 0 Å². The number of phenolic OH excluding ortho intramolecular Hbond substituents is 1. The van der Waals surface area contributed by atoms with Gasteiger partial charge in [0.15, 0.2) is 0 Å². The first-order valence-corrected chi connectivity index (χ1v) is 13.1. The molecule has 1 aliphatic carbocycles. The molecule has 38 heavy (non-hydrogen) atoms. The van der Waals surface area contributed by atoms with E-state index in [4.69, 9.17) is 0 Å². The third kappa shape index (κ3) is 5.78. The van der Waals surface area contributed by atoms with Gasteiger partial charge >= 0.3 is 6.03 Å². The molecule has 0 aliphatic heterocycles. The largest absolute Gasteiger partial charge is 0.507 e. The van der Waals surface area contributed by atoms with Crippen LogP contribution in [0.3, 0.4) is 0 Å². The highest BCUT2D eigenvalue weighted by atomic mass is 16.3. The number of anilines is 1. The summed E-state index contributed by atoms with van der Waals surface area (Å²) >= 11 is 0. The average molecular weight is 509 g/mol. The molecule has 0 radical (unpaired) electrons. The Morgan fingerprint density at radius 3 is 2.45 bits per heavy atom. The minimum Gasteiger partial charge on any atom is -0.507 e. The van der Waals surface area contributed by atoms with Crippen molar-refractivity contribution in [3.8, 4) is 17.0 Å². The lowest BCUT2D eigenvalue weighted by molar-refractivity contribution is 0.102. The van der Waals surface area contributed by atoms with Gasteiger partial charge in [0.1, 0.15) is 5.75 Å². The maximum absolute atomic E-state index is 13.2. The van der Waals surface area contributed by atoms with E-state index in [2.05, 4.69) is 15.7 Å². The molecule has 4 aromatic rings. The quantitative estimate of drug-likeness (QED) is 0.256. The Labute approximate surface area is 222 Å². The molecule has 0 saturated heterocycles. The fourth-order valence-corrected chi connectivity index (χ4v) is 4.96. The second-order valence-electron chi connectivity index (χ2n) is 9.87. The van der Waals surface area contributed by atoms with Gasteiger partial charge in [-0.2, -0.15) is 9.78 Å². The number of carbonyl (C=O) groups is 2. The van der Waals surface area contributed by atoms with Crippen LogP contribution in [0.4, 0.5) is 10.5 Å². The van der Waals surface area contributed by atoms with Crippen LogP contribution in [-0.2, 0) is 6.42 Å². The number of amides is 2. The number of carbonyl (C=O) groups excluding carboxylic acids is 2. The fraction of sp³-hybridized carbons (Fsp3) is 0.258. The van der Waals surface area contributed by atoms with Gasteiger partial charge in [-0.15, -0.1) is 0 Å². The number of aromatic nitrogens is 2. The maximum atomic E-state index is 13.2. The number of benzene rings is 3. The van der Waals surface area contributed by atoms with E-state index in [1.807, 2.05) is 55.5 Å². The molecule has 194 valence electrons. The summed E-state index contributed by atoms with van der Waals surface area (Å²) in [4.78, 5) is 25.9. The fourth-order valence-electron chi connectivity index (χ4n) is 4.96. The van der Waals surface area contributed by atoms with Crippen molar-refractivity contribution in [2.24, 2.45) is 0 Å². The lowest BCUT2D eigenvalue weighted by atomic mass is 10.0. The first-order chi connectivity index (χ1) is 18.5. The zero-order valence-corrected chi connectivity index (χ0v) is 21.5. The van der Waals surface area contributed by atoms with Gasteiger partial charge in [0.25, 0.3) is 5.91 Å². The molecule has 1 aliphatic rings. The molecule has 3 aromatic carbocycles. The van der Waals surface area contributed by atoms with E-state index in [0.29, 0.717) is 29.1 Å². The summed E-state index contributed by atoms with van der Waals surface area (Å²) in [5.74, 6) is 0.0322. The Morgan fingerprint density at radius 2 is 1.71 bits per heavy atom. The molecule has 0 atom stereocenters. The van der Waals surface area contributed by atoms with Crippen LogP contribution in [0.25, 0.3) is 11.3 Å². The highest BCUT2D eigenvalue weighted by Crippen LogP contribution is 2.38. The van der Waals surface area contributed by atoms with Gasteiger partial charge < -0.3 is 15.7 Å². The summed E-state index contributed by atoms with van der Waals surface area (Å²) in [6.07, 6.45) is 4.96. The van der Waals surface area contributed by atoms with Gasteiger partial charge in [0, 0.05) is 29.3 Å². The predicted molar refractivity (Wildman–Crippen MR) is 149 cm³/mol. The summed E-state index contributed by atoms with van der Waals surface area (Å²) in [6.45, 7) is 2.46. The Morgan fingerprint density at radius 1 is 0.974 bits per heavy atom. The van der Waals surface area contributed by atoms with Crippen LogP contribution < -0.4 is 10.6 Å². The molecule has 7 nitrogen and oxygen atoms in total. The predicted octanol–water partition coefficient (Wildman–Crippen LogP) is 6.27. The summed E-state index contributed by atoms with van der Waals surface area (Å²) in [5, 5.41) is 21.2. The molecule has 0 unspecified atom stereocenters. The molecule has 0 spiro atoms. The maximum Gasteiger partial charge on any atom is 0.342 e. The second kappa shape index (κ2) is 11.3. The molecular formula is C31H32N4O3. The van der Waals surface area contributed by atoms with E-state index in [0.717, 1.165) is 48.9 Å². The standard InChI is InChI=1S/C31H32N4O3/c1-21-11-13-24(14-12-21)30(37)33-25-15-16-29(36)26(19-25)27-20-28(23-9-5-6-10-23)35(34-27)31(38)32-18-17-22-7-3-2-4-8-22/h2-4,7-8,11-16,19-20,23,36H,5-6,9-10,17-18H2,1H3,(H,32,38)(H,33,37). The number of phenols is 1. The third-order valence-electron chi connectivity index (χ3n) is 7.08. The minimum atomic E-state index is -0.280. The van der Waals surface area contributed by atoms with Crippen molar-refractivity contribution >= 4 is 17.6 Å². The van der Waals surface area contributed by atoms with Gasteiger partial charge in [0.2, 0.25) is 0 Å². The normalized spacial score (nSPS) is 13.4. The van der Waals surface area contributed by atoms with E-state index < -0.39 is 0 Å². The third-order valence-corrected chi connectivity index (χ3v) is 7.08. The molecule has 2 amide bonds. The first kappa shape index (κ1) is 25.3. The van der Waals surface area contributed by atoms with Gasteiger partial charge in [-0.1, -0.05) is 60.9 Å². The Bertz CT molecular complexity index is 1420. The number of hydrogen-bond acceptors (Lipinski definition) is 4. The molecule has 1 fully saturated rings. The highest BCUT2D eigenvalue weighted by Gasteiger charge is 2.26. The van der Waals surface area contributed by atoms with Crippen molar-refractivity contribution in [3.05, 3.63) is 101 Å². The van der Waals surface area contributed by atoms with Crippen molar-refractivity contribution in [3.63, 3.8) is 0 Å². The molecule has 7 heteroatoms. The molecule has 1 heterocycles. The summed E-state index contributed by atoms with van der Waals surface area (Å²) in [5.41, 5.74) is 5.11. The van der Waals surface area contributed by atoms with Crippen molar-refractivity contribution in [1.82, 2.24) is 15.1 Å². The monoisotopic (exact) mass is 508 g/mol. The second-order valence-corrected chi connectivity index (χ2v) is 9.87. The van der Waals surface area contributed by atoms with E-state index in [1.54, 1.807) is 24.3 Å². The summed E-state index contributed by atoms with van der Waals surface area (Å²) in [6, 6.07) is 23.8. The number of nitrogens with zero attached hydrogens (tertiary/aromatic N) is 2. The summed E-state index contributed by atoms with van der Waals surface area (Å²) in [7, 11) is 0. The SMILES string of the molecule is Cc1ccc(C(=O)Nc2ccc(O)c(-c3cc(C4CCCC4)n(C(=O)NCCc4ccccc4)n3)c2)cc1. The topological polar surface area (TPSA) is 96.2 Å². The minimum absolute atomic E-state index is 0.0328. The number of rotatable bonds is 7. The highest BCUT2D eigenvalue weighted by molar-refractivity contribution is 6.04. The van der Waals surface area contributed by atoms with Gasteiger partial charge in [-0.05, 0) is 68.1 Å². The summed E-state index contributed by atoms with van der Waals surface area (Å²) < 4.78 is 1.45. The van der Waals surface area contributed by atoms with Crippen LogP contribution in [0, 0.1) is 6.92 Å². The first-order valence-electron chi connectivity index (χ1n) is 13.1. The van der Waals surface area contributed by atoms with E-state index in [9.17, 15) is 14.7 Å². The number of nitrogens with one attached hydrogen (secondary N) is 2. The van der Waals surface area contributed by atoms with Crippen LogP contribution in [0.15, 0.2) is 78.9 Å². The van der Waals surface area contributed by atoms with Crippen LogP contribution >= 0.6 is 0 Å². The number of aromatic hydroxyl groups is 1. The van der Waals surface area contributed by atoms with Crippen molar-refractivity contribution in [2.45, 2.75) is 44.9 Å². The van der Waals surface area contributed by atoms with Crippen molar-refractivity contribution in [2.75, 3.05) is 11.9 Å². The molecular weight excluding hydrogens is 476 g/mol. The molecule has 1 aromatic heterocycles. The molecule has 1 saturated carbocycles. The average Bonchev–Trinajstić information content (AvgIpc) is 3.61. The lowest BCUT2D eigenvalue weighted by Gasteiger charge is -2.12.